The number of aromatic nitrogens is 1. The zero-order valence-electron chi connectivity index (χ0n) is 8.12. The summed E-state index contributed by atoms with van der Waals surface area (Å²) in [5.74, 6) is -0.952. The maximum Gasteiger partial charge on any atom is 0.337 e. The van der Waals surface area contributed by atoms with Crippen molar-refractivity contribution in [1.82, 2.24) is 10.3 Å². The molecule has 1 atom stereocenters. The molecule has 1 aliphatic heterocycles. The van der Waals surface area contributed by atoms with Crippen molar-refractivity contribution in [3.05, 3.63) is 23.0 Å². The lowest BCUT2D eigenvalue weighted by molar-refractivity contribution is -0.108. The Labute approximate surface area is 86.5 Å². The maximum absolute atomic E-state index is 10.9. The Balaban J connectivity index is 2.42. The number of aromatic carboxylic acids is 1. The number of fused-ring (bicyclic) bond motifs is 1. The van der Waals surface area contributed by atoms with Gasteiger partial charge in [-0.15, -0.1) is 0 Å². The monoisotopic (exact) mass is 208 g/mol. The van der Waals surface area contributed by atoms with Crippen LogP contribution in [0.25, 0.3) is 0 Å². The molecule has 2 heterocycles. The zero-order chi connectivity index (χ0) is 10.8. The first-order valence-electron chi connectivity index (χ1n) is 4.84. The number of carbonyl (C=O) groups is 2. The average Bonchev–Trinajstić information content (AvgIpc) is 2.62. The molecule has 0 aromatic carbocycles. The molecular formula is C10H12N2O3. The van der Waals surface area contributed by atoms with E-state index in [1.807, 2.05) is 0 Å². The molecule has 0 fully saturated rings. The lowest BCUT2D eigenvalue weighted by Crippen LogP contribution is -2.30. The molecule has 5 heteroatoms. The van der Waals surface area contributed by atoms with Gasteiger partial charge in [-0.3, -0.25) is 0 Å². The third kappa shape index (κ3) is 1.66. The standard InChI is InChI=1S/C10H12N2O3/c13-4-2-8-9-6(10(14)15)5-12-7(9)1-3-11-8/h4-5,8,11-12H,1-3H2,(H,14,15). The van der Waals surface area contributed by atoms with Gasteiger partial charge in [0.05, 0.1) is 5.56 Å². The van der Waals surface area contributed by atoms with Gasteiger partial charge in [0.2, 0.25) is 0 Å². The van der Waals surface area contributed by atoms with Gasteiger partial charge < -0.3 is 20.2 Å². The highest BCUT2D eigenvalue weighted by Gasteiger charge is 2.26. The van der Waals surface area contributed by atoms with Gasteiger partial charge >= 0.3 is 5.97 Å². The molecule has 1 unspecified atom stereocenters. The summed E-state index contributed by atoms with van der Waals surface area (Å²) in [5.41, 5.74) is 1.93. The molecule has 5 nitrogen and oxygen atoms in total. The number of nitrogens with one attached hydrogen (secondary N) is 2. The van der Waals surface area contributed by atoms with Gasteiger partial charge in [-0.05, 0) is 0 Å². The summed E-state index contributed by atoms with van der Waals surface area (Å²) in [5, 5.41) is 12.1. The number of hydrogen-bond acceptors (Lipinski definition) is 3. The quantitative estimate of drug-likeness (QED) is 0.631. The van der Waals surface area contributed by atoms with Crippen LogP contribution in [0.2, 0.25) is 0 Å². The molecule has 3 N–H and O–H groups in total. The predicted octanol–water partition coefficient (Wildman–Crippen LogP) is 0.489. The fourth-order valence-electron chi connectivity index (χ4n) is 2.03. The van der Waals surface area contributed by atoms with Crippen LogP contribution in [0, 0.1) is 0 Å². The van der Waals surface area contributed by atoms with E-state index in [2.05, 4.69) is 10.3 Å². The first kappa shape index (κ1) is 9.92. The number of carboxylic acid groups (broad SMARTS) is 1. The number of aldehydes is 1. The van der Waals surface area contributed by atoms with Crippen LogP contribution in [0.3, 0.4) is 0 Å². The fourth-order valence-corrected chi connectivity index (χ4v) is 2.03. The highest BCUT2D eigenvalue weighted by Crippen LogP contribution is 2.27. The molecule has 1 aromatic rings. The number of H-pyrrole nitrogens is 1. The fraction of sp³-hybridized carbons (Fsp3) is 0.400. The first-order chi connectivity index (χ1) is 7.24. The Kier molecular flexibility index (Phi) is 2.55. The van der Waals surface area contributed by atoms with E-state index in [0.29, 0.717) is 6.42 Å². The normalized spacial score (nSPS) is 19.6. The average molecular weight is 208 g/mol. The van der Waals surface area contributed by atoms with Crippen molar-refractivity contribution in [3.8, 4) is 0 Å². The Bertz CT molecular complexity index is 397. The molecule has 80 valence electrons. The lowest BCUT2D eigenvalue weighted by atomic mass is 9.95. The van der Waals surface area contributed by atoms with Crippen LogP contribution >= 0.6 is 0 Å². The smallest absolute Gasteiger partial charge is 0.337 e. The third-order valence-electron chi connectivity index (χ3n) is 2.68. The third-order valence-corrected chi connectivity index (χ3v) is 2.68. The summed E-state index contributed by atoms with van der Waals surface area (Å²) in [6.45, 7) is 0.769. The molecule has 0 aliphatic carbocycles. The van der Waals surface area contributed by atoms with Gasteiger partial charge in [0.25, 0.3) is 0 Å². The van der Waals surface area contributed by atoms with E-state index in [0.717, 1.165) is 30.5 Å². The van der Waals surface area contributed by atoms with Crippen molar-refractivity contribution in [2.75, 3.05) is 6.54 Å². The van der Waals surface area contributed by atoms with E-state index in [-0.39, 0.29) is 11.6 Å². The highest BCUT2D eigenvalue weighted by molar-refractivity contribution is 5.90. The van der Waals surface area contributed by atoms with Crippen LogP contribution in [0.15, 0.2) is 6.20 Å². The molecule has 0 radical (unpaired) electrons. The van der Waals surface area contributed by atoms with Crippen LogP contribution in [-0.4, -0.2) is 28.9 Å². The van der Waals surface area contributed by atoms with Crippen LogP contribution in [0.5, 0.6) is 0 Å². The largest absolute Gasteiger partial charge is 0.478 e. The summed E-state index contributed by atoms with van der Waals surface area (Å²) >= 11 is 0. The minimum atomic E-state index is -0.952. The van der Waals surface area contributed by atoms with E-state index in [1.165, 1.54) is 6.20 Å². The molecule has 0 spiro atoms. The SMILES string of the molecule is O=CCC1NCCc2[nH]cc(C(=O)O)c21. The van der Waals surface area contributed by atoms with Gasteiger partial charge in [0.15, 0.2) is 0 Å². The lowest BCUT2D eigenvalue weighted by Gasteiger charge is -2.23. The summed E-state index contributed by atoms with van der Waals surface area (Å²) in [6.07, 6.45) is 3.40. The van der Waals surface area contributed by atoms with Gasteiger partial charge in [0.1, 0.15) is 6.29 Å². The van der Waals surface area contributed by atoms with E-state index in [9.17, 15) is 9.59 Å². The summed E-state index contributed by atoms with van der Waals surface area (Å²) < 4.78 is 0. The molecule has 1 aliphatic rings. The van der Waals surface area contributed by atoms with Crippen LogP contribution < -0.4 is 5.32 Å². The Morgan fingerprint density at radius 3 is 3.13 bits per heavy atom. The topological polar surface area (TPSA) is 82.2 Å². The van der Waals surface area contributed by atoms with Gasteiger partial charge in [-0.25, -0.2) is 4.79 Å². The minimum absolute atomic E-state index is 0.163. The number of carbonyl (C=O) groups excluding carboxylic acids is 1. The first-order valence-corrected chi connectivity index (χ1v) is 4.84. The Morgan fingerprint density at radius 1 is 1.67 bits per heavy atom. The van der Waals surface area contributed by atoms with Crippen molar-refractivity contribution < 1.29 is 14.7 Å². The second-order valence-corrected chi connectivity index (χ2v) is 3.56. The summed E-state index contributed by atoms with van der Waals surface area (Å²) in [7, 11) is 0. The van der Waals surface area contributed by atoms with Crippen LogP contribution in [0.1, 0.15) is 34.1 Å². The number of hydrogen-bond donors (Lipinski definition) is 3. The van der Waals surface area contributed by atoms with E-state index >= 15 is 0 Å². The molecule has 0 saturated heterocycles. The van der Waals surface area contributed by atoms with E-state index < -0.39 is 5.97 Å². The zero-order valence-corrected chi connectivity index (χ0v) is 8.12. The van der Waals surface area contributed by atoms with E-state index in [1.54, 1.807) is 0 Å². The van der Waals surface area contributed by atoms with Gasteiger partial charge in [-0.1, -0.05) is 0 Å². The van der Waals surface area contributed by atoms with Crippen molar-refractivity contribution in [2.24, 2.45) is 0 Å². The highest BCUT2D eigenvalue weighted by atomic mass is 16.4. The second kappa shape index (κ2) is 3.86. The number of rotatable bonds is 3. The van der Waals surface area contributed by atoms with Crippen LogP contribution in [-0.2, 0) is 11.2 Å². The Hall–Kier alpha value is -1.62. The number of carboxylic acids is 1. The van der Waals surface area contributed by atoms with Crippen molar-refractivity contribution in [3.63, 3.8) is 0 Å². The maximum atomic E-state index is 10.9. The van der Waals surface area contributed by atoms with Crippen molar-refractivity contribution in [2.45, 2.75) is 18.9 Å². The minimum Gasteiger partial charge on any atom is -0.478 e. The number of aromatic amines is 1. The molecule has 0 saturated carbocycles. The van der Waals surface area contributed by atoms with Crippen molar-refractivity contribution >= 4 is 12.3 Å². The van der Waals surface area contributed by atoms with Gasteiger partial charge in [0, 0.05) is 42.9 Å². The molecule has 1 aromatic heterocycles. The summed E-state index contributed by atoms with van der Waals surface area (Å²) in [6, 6.07) is -0.163. The van der Waals surface area contributed by atoms with Crippen molar-refractivity contribution in [1.29, 1.82) is 0 Å². The van der Waals surface area contributed by atoms with Crippen LogP contribution in [0.4, 0.5) is 0 Å². The Morgan fingerprint density at radius 2 is 2.47 bits per heavy atom. The molecule has 0 bridgehead atoms. The molecule has 15 heavy (non-hydrogen) atoms. The molecular weight excluding hydrogens is 196 g/mol. The van der Waals surface area contributed by atoms with E-state index in [4.69, 9.17) is 5.11 Å². The molecule has 0 amide bonds. The predicted molar refractivity (Wildman–Crippen MR) is 52.9 cm³/mol. The van der Waals surface area contributed by atoms with Gasteiger partial charge in [-0.2, -0.15) is 0 Å². The summed E-state index contributed by atoms with van der Waals surface area (Å²) in [4.78, 5) is 24.4. The molecule has 2 rings (SSSR count). The second-order valence-electron chi connectivity index (χ2n) is 3.56.